The van der Waals surface area contributed by atoms with Crippen molar-refractivity contribution in [1.29, 1.82) is 0 Å². The summed E-state index contributed by atoms with van der Waals surface area (Å²) in [5.74, 6) is 1.20. The topological polar surface area (TPSA) is 46.0 Å². The van der Waals surface area contributed by atoms with E-state index in [1.165, 1.54) is 4.90 Å². The van der Waals surface area contributed by atoms with E-state index >= 15 is 0 Å². The summed E-state index contributed by atoms with van der Waals surface area (Å²) in [5, 5.41) is 2.04. The number of hydrogen-bond acceptors (Lipinski definition) is 3. The third kappa shape index (κ3) is 2.77. The lowest BCUT2D eigenvalue weighted by molar-refractivity contribution is -0.884. The molecule has 0 unspecified atom stereocenters. The summed E-state index contributed by atoms with van der Waals surface area (Å²) >= 11 is 0. The second-order valence-corrected chi connectivity index (χ2v) is 6.53. The van der Waals surface area contributed by atoms with E-state index in [1.807, 2.05) is 53.5 Å². The van der Waals surface area contributed by atoms with E-state index < -0.39 is 0 Å². The quantitative estimate of drug-likeness (QED) is 0.858. The van der Waals surface area contributed by atoms with Crippen molar-refractivity contribution in [3.63, 3.8) is 0 Å². The largest absolute Gasteiger partial charge is 0.457 e. The van der Waals surface area contributed by atoms with Crippen LogP contribution in [0, 0.1) is 0 Å². The Balaban J connectivity index is 1.63. The molecule has 2 aliphatic rings. The van der Waals surface area contributed by atoms with E-state index in [-0.39, 0.29) is 11.8 Å². The SMILES string of the molecule is C[NH+]1CCN(NC(=O)C2c3ccccc3Oc3ccccc32)CC1. The standard InChI is InChI=1S/C19H21N3O2/c1-21-10-12-22(13-11-21)20-19(23)18-14-6-2-4-8-16(14)24-17-9-5-3-7-15(17)18/h2-9,18H,10-13H2,1H3,(H,20,23)/p+1. The molecule has 5 nitrogen and oxygen atoms in total. The maximum absolute atomic E-state index is 13.1. The van der Waals surface area contributed by atoms with Gasteiger partial charge in [0.15, 0.2) is 0 Å². The molecule has 1 amide bonds. The molecule has 5 heteroatoms. The third-order valence-corrected chi connectivity index (χ3v) is 4.83. The minimum absolute atomic E-state index is 0.0118. The highest BCUT2D eigenvalue weighted by molar-refractivity contribution is 5.89. The molecule has 1 saturated heterocycles. The Bertz CT molecular complexity index is 708. The molecule has 2 aromatic rings. The number of fused-ring (bicyclic) bond motifs is 2. The number of piperazine rings is 1. The van der Waals surface area contributed by atoms with Crippen LogP contribution in [0.15, 0.2) is 48.5 Å². The van der Waals surface area contributed by atoms with Crippen molar-refractivity contribution >= 4 is 5.91 Å². The third-order valence-electron chi connectivity index (χ3n) is 4.83. The molecule has 1 fully saturated rings. The number of ether oxygens (including phenoxy) is 1. The summed E-state index contributed by atoms with van der Waals surface area (Å²) in [6, 6.07) is 15.6. The van der Waals surface area contributed by atoms with Gasteiger partial charge in [-0.15, -0.1) is 0 Å². The first-order valence-corrected chi connectivity index (χ1v) is 8.45. The number of nitrogens with one attached hydrogen (secondary N) is 2. The number of rotatable bonds is 2. The number of quaternary nitrogens is 1. The Morgan fingerprint density at radius 3 is 2.17 bits per heavy atom. The molecule has 124 valence electrons. The minimum Gasteiger partial charge on any atom is -0.457 e. The average Bonchev–Trinajstić information content (AvgIpc) is 2.61. The fourth-order valence-corrected chi connectivity index (χ4v) is 3.41. The molecule has 24 heavy (non-hydrogen) atoms. The number of benzene rings is 2. The first kappa shape index (κ1) is 15.2. The molecule has 0 aromatic heterocycles. The number of nitrogens with zero attached hydrogens (tertiary/aromatic N) is 1. The van der Waals surface area contributed by atoms with Crippen LogP contribution >= 0.6 is 0 Å². The van der Waals surface area contributed by atoms with Crippen LogP contribution in [0.25, 0.3) is 0 Å². The lowest BCUT2D eigenvalue weighted by Gasteiger charge is -2.33. The van der Waals surface area contributed by atoms with Gasteiger partial charge in [-0.1, -0.05) is 36.4 Å². The molecule has 2 aromatic carbocycles. The van der Waals surface area contributed by atoms with Gasteiger partial charge in [0, 0.05) is 11.1 Å². The van der Waals surface area contributed by atoms with Gasteiger partial charge < -0.3 is 9.64 Å². The highest BCUT2D eigenvalue weighted by Crippen LogP contribution is 2.43. The van der Waals surface area contributed by atoms with Gasteiger partial charge in [-0.3, -0.25) is 10.2 Å². The number of amides is 1. The van der Waals surface area contributed by atoms with Crippen LogP contribution in [-0.2, 0) is 4.79 Å². The summed E-state index contributed by atoms with van der Waals surface area (Å²) in [5.41, 5.74) is 4.97. The lowest BCUT2D eigenvalue weighted by atomic mass is 9.87. The van der Waals surface area contributed by atoms with Crippen molar-refractivity contribution in [3.8, 4) is 11.5 Å². The number of hydrazine groups is 1. The number of para-hydroxylation sites is 2. The van der Waals surface area contributed by atoms with Gasteiger partial charge in [0.25, 0.3) is 0 Å². The van der Waals surface area contributed by atoms with Crippen LogP contribution in [0.3, 0.4) is 0 Å². The van der Waals surface area contributed by atoms with Crippen molar-refractivity contribution in [2.75, 3.05) is 33.2 Å². The fourth-order valence-electron chi connectivity index (χ4n) is 3.41. The maximum Gasteiger partial charge on any atom is 0.246 e. The number of carbonyl (C=O) groups is 1. The first-order valence-electron chi connectivity index (χ1n) is 8.45. The molecule has 2 heterocycles. The van der Waals surface area contributed by atoms with Gasteiger partial charge in [0.2, 0.25) is 5.91 Å². The Morgan fingerprint density at radius 2 is 1.58 bits per heavy atom. The van der Waals surface area contributed by atoms with Crippen molar-refractivity contribution in [3.05, 3.63) is 59.7 Å². The van der Waals surface area contributed by atoms with Crippen LogP contribution < -0.4 is 15.1 Å². The zero-order valence-electron chi connectivity index (χ0n) is 13.8. The Kier molecular flexibility index (Phi) is 3.96. The predicted molar refractivity (Wildman–Crippen MR) is 91.1 cm³/mol. The van der Waals surface area contributed by atoms with Gasteiger partial charge in [-0.05, 0) is 12.1 Å². The zero-order chi connectivity index (χ0) is 16.5. The van der Waals surface area contributed by atoms with Crippen LogP contribution in [0.1, 0.15) is 17.0 Å². The molecule has 0 atom stereocenters. The average molecular weight is 324 g/mol. The van der Waals surface area contributed by atoms with Gasteiger partial charge in [-0.2, -0.15) is 0 Å². The van der Waals surface area contributed by atoms with E-state index in [0.717, 1.165) is 48.8 Å². The lowest BCUT2D eigenvalue weighted by Crippen LogP contribution is -3.12. The first-order chi connectivity index (χ1) is 11.7. The summed E-state index contributed by atoms with van der Waals surface area (Å²) in [4.78, 5) is 14.6. The van der Waals surface area contributed by atoms with Crippen molar-refractivity contribution < 1.29 is 14.4 Å². The highest BCUT2D eigenvalue weighted by atomic mass is 16.5. The number of likely N-dealkylation sites (N-methyl/N-ethyl adjacent to an activating group) is 1. The second-order valence-electron chi connectivity index (χ2n) is 6.53. The smallest absolute Gasteiger partial charge is 0.246 e. The molecule has 0 saturated carbocycles. The maximum atomic E-state index is 13.1. The Labute approximate surface area is 141 Å². The molecular formula is C19H22N3O2+. The highest BCUT2D eigenvalue weighted by Gasteiger charge is 2.33. The Morgan fingerprint density at radius 1 is 1.04 bits per heavy atom. The molecule has 2 N–H and O–H groups in total. The van der Waals surface area contributed by atoms with E-state index in [2.05, 4.69) is 12.5 Å². The molecule has 2 aliphatic heterocycles. The summed E-state index contributed by atoms with van der Waals surface area (Å²) in [7, 11) is 2.18. The second kappa shape index (κ2) is 6.26. The predicted octanol–water partition coefficient (Wildman–Crippen LogP) is 0.786. The molecule has 0 spiro atoms. The molecule has 0 bridgehead atoms. The van der Waals surface area contributed by atoms with E-state index in [0.29, 0.717) is 0 Å². The van der Waals surface area contributed by atoms with E-state index in [1.54, 1.807) is 0 Å². The van der Waals surface area contributed by atoms with Crippen LogP contribution in [-0.4, -0.2) is 44.1 Å². The summed E-state index contributed by atoms with van der Waals surface area (Å²) in [6.45, 7) is 3.84. The Hall–Kier alpha value is -2.37. The zero-order valence-corrected chi connectivity index (χ0v) is 13.8. The summed E-state index contributed by atoms with van der Waals surface area (Å²) in [6.07, 6.45) is 0. The molecular weight excluding hydrogens is 302 g/mol. The van der Waals surface area contributed by atoms with Gasteiger partial charge in [0.1, 0.15) is 11.5 Å². The molecule has 0 aliphatic carbocycles. The van der Waals surface area contributed by atoms with Crippen LogP contribution in [0.5, 0.6) is 11.5 Å². The number of hydrogen-bond donors (Lipinski definition) is 2. The van der Waals surface area contributed by atoms with Crippen molar-refractivity contribution in [1.82, 2.24) is 10.4 Å². The molecule has 0 radical (unpaired) electrons. The monoisotopic (exact) mass is 324 g/mol. The minimum atomic E-state index is -0.335. The van der Waals surface area contributed by atoms with E-state index in [4.69, 9.17) is 4.74 Å². The number of carbonyl (C=O) groups excluding carboxylic acids is 1. The van der Waals surface area contributed by atoms with Crippen molar-refractivity contribution in [2.24, 2.45) is 0 Å². The normalized spacial score (nSPS) is 18.4. The van der Waals surface area contributed by atoms with Gasteiger partial charge >= 0.3 is 0 Å². The van der Waals surface area contributed by atoms with Crippen molar-refractivity contribution in [2.45, 2.75) is 5.92 Å². The summed E-state index contributed by atoms with van der Waals surface area (Å²) < 4.78 is 5.96. The molecule has 4 rings (SSSR count). The van der Waals surface area contributed by atoms with E-state index in [9.17, 15) is 4.79 Å². The fraction of sp³-hybridized carbons (Fsp3) is 0.316. The van der Waals surface area contributed by atoms with Gasteiger partial charge in [0.05, 0.1) is 39.1 Å². The van der Waals surface area contributed by atoms with Crippen LogP contribution in [0.2, 0.25) is 0 Å². The van der Waals surface area contributed by atoms with Crippen LogP contribution in [0.4, 0.5) is 0 Å². The van der Waals surface area contributed by atoms with Gasteiger partial charge in [-0.25, -0.2) is 5.01 Å².